The first-order valence-electron chi connectivity index (χ1n) is 12.4. The summed E-state index contributed by atoms with van der Waals surface area (Å²) in [6.45, 7) is 0.974. The second-order valence-corrected chi connectivity index (χ2v) is 9.43. The van der Waals surface area contributed by atoms with Crippen molar-refractivity contribution in [3.8, 4) is 11.5 Å². The van der Waals surface area contributed by atoms with Gasteiger partial charge in [0.05, 0.1) is 14.2 Å². The summed E-state index contributed by atoms with van der Waals surface area (Å²) in [4.78, 5) is 37.8. The van der Waals surface area contributed by atoms with Gasteiger partial charge in [0.1, 0.15) is 6.10 Å². The Balaban J connectivity index is 1.28. The molecule has 1 aliphatic heterocycles. The van der Waals surface area contributed by atoms with Crippen LogP contribution in [0.4, 0.5) is 21.0 Å². The molecular weight excluding hydrogens is 478 g/mol. The van der Waals surface area contributed by atoms with Gasteiger partial charge in [-0.15, -0.1) is 0 Å². The molecule has 0 aromatic heterocycles. The highest BCUT2D eigenvalue weighted by atomic mass is 16.6. The van der Waals surface area contributed by atoms with E-state index in [1.807, 2.05) is 18.2 Å². The van der Waals surface area contributed by atoms with Crippen LogP contribution in [0.3, 0.4) is 0 Å². The Hall–Kier alpha value is -3.95. The molecular formula is C27H33N3O7. The predicted octanol–water partition coefficient (Wildman–Crippen LogP) is 4.88. The third-order valence-electron chi connectivity index (χ3n) is 6.90. The van der Waals surface area contributed by atoms with Crippen molar-refractivity contribution in [3.63, 3.8) is 0 Å². The minimum absolute atomic E-state index is 0.158. The molecule has 0 radical (unpaired) electrons. The van der Waals surface area contributed by atoms with E-state index in [9.17, 15) is 14.4 Å². The number of anilines is 2. The van der Waals surface area contributed by atoms with Crippen molar-refractivity contribution in [3.05, 3.63) is 47.5 Å². The summed E-state index contributed by atoms with van der Waals surface area (Å²) in [5.74, 6) is 0.481. The Morgan fingerprint density at radius 1 is 0.919 bits per heavy atom. The predicted molar refractivity (Wildman–Crippen MR) is 137 cm³/mol. The molecule has 0 saturated heterocycles. The van der Waals surface area contributed by atoms with Crippen LogP contribution in [0.15, 0.2) is 36.4 Å². The number of hydrogen-bond donors (Lipinski definition) is 3. The van der Waals surface area contributed by atoms with E-state index in [-0.39, 0.29) is 30.6 Å². The smallest absolute Gasteiger partial charge is 0.410 e. The van der Waals surface area contributed by atoms with Gasteiger partial charge in [0.25, 0.3) is 0 Å². The lowest BCUT2D eigenvalue weighted by atomic mass is 9.85. The fourth-order valence-corrected chi connectivity index (χ4v) is 4.91. The van der Waals surface area contributed by atoms with E-state index in [2.05, 4.69) is 10.6 Å². The van der Waals surface area contributed by atoms with Crippen LogP contribution in [-0.4, -0.2) is 55.0 Å². The molecule has 1 aliphatic carbocycles. The van der Waals surface area contributed by atoms with Gasteiger partial charge in [-0.3, -0.25) is 4.79 Å². The molecule has 0 spiro atoms. The molecule has 2 aromatic carbocycles. The Labute approximate surface area is 215 Å². The molecule has 10 heteroatoms. The zero-order valence-electron chi connectivity index (χ0n) is 21.1. The van der Waals surface area contributed by atoms with E-state index in [0.29, 0.717) is 55.2 Å². The van der Waals surface area contributed by atoms with Crippen molar-refractivity contribution in [2.75, 3.05) is 31.4 Å². The largest absolute Gasteiger partial charge is 0.493 e. The average Bonchev–Trinajstić information content (AvgIpc) is 2.89. The molecule has 3 N–H and O–H groups in total. The first kappa shape index (κ1) is 26.1. The van der Waals surface area contributed by atoms with Crippen molar-refractivity contribution >= 4 is 29.5 Å². The van der Waals surface area contributed by atoms with Crippen LogP contribution in [0.1, 0.15) is 43.2 Å². The minimum atomic E-state index is -0.774. The maximum atomic E-state index is 12.7. The van der Waals surface area contributed by atoms with Crippen molar-refractivity contribution in [1.82, 2.24) is 4.90 Å². The Morgan fingerprint density at radius 2 is 1.59 bits per heavy atom. The molecule has 4 rings (SSSR count). The Bertz CT molecular complexity index is 1140. The van der Waals surface area contributed by atoms with Crippen LogP contribution < -0.4 is 20.1 Å². The first-order valence-corrected chi connectivity index (χ1v) is 12.4. The number of ether oxygens (including phenoxy) is 3. The van der Waals surface area contributed by atoms with Gasteiger partial charge in [0, 0.05) is 37.0 Å². The summed E-state index contributed by atoms with van der Waals surface area (Å²) in [5, 5.41) is 14.6. The second-order valence-electron chi connectivity index (χ2n) is 9.43. The van der Waals surface area contributed by atoms with Crippen LogP contribution in [0.25, 0.3) is 0 Å². The monoisotopic (exact) mass is 511 g/mol. The van der Waals surface area contributed by atoms with Crippen LogP contribution in [0, 0.1) is 5.92 Å². The number of nitrogens with one attached hydrogen (secondary N) is 2. The maximum absolute atomic E-state index is 12.7. The fraction of sp³-hybridized carbons (Fsp3) is 0.444. The van der Waals surface area contributed by atoms with E-state index in [4.69, 9.17) is 19.3 Å². The van der Waals surface area contributed by atoms with E-state index in [0.717, 1.165) is 24.0 Å². The van der Waals surface area contributed by atoms with Crippen molar-refractivity contribution in [1.29, 1.82) is 0 Å². The van der Waals surface area contributed by atoms with Crippen molar-refractivity contribution in [2.24, 2.45) is 5.92 Å². The molecule has 0 unspecified atom stereocenters. The Kier molecular flexibility index (Phi) is 8.37. The van der Waals surface area contributed by atoms with Gasteiger partial charge < -0.3 is 34.9 Å². The van der Waals surface area contributed by atoms with Gasteiger partial charge in [0.15, 0.2) is 11.5 Å². The highest BCUT2D eigenvalue weighted by Crippen LogP contribution is 2.31. The topological polar surface area (TPSA) is 126 Å². The van der Waals surface area contributed by atoms with Crippen molar-refractivity contribution in [2.45, 2.75) is 51.2 Å². The lowest BCUT2D eigenvalue weighted by Gasteiger charge is -2.32. The number of carboxylic acids is 1. The zero-order chi connectivity index (χ0) is 26.4. The number of nitrogens with zero attached hydrogens (tertiary/aromatic N) is 1. The van der Waals surface area contributed by atoms with Crippen molar-refractivity contribution < 1.29 is 33.7 Å². The number of carboxylic acid groups (broad SMARTS) is 1. The lowest BCUT2D eigenvalue weighted by molar-refractivity contribution is -0.138. The number of benzene rings is 2. The van der Waals surface area contributed by atoms with Crippen LogP contribution in [0.5, 0.6) is 11.5 Å². The highest BCUT2D eigenvalue weighted by molar-refractivity contribution is 6.00. The standard InChI is InChI=1S/C27H33N3O7/c1-35-23-10-7-21(15-24(23)36-2)29-26(33)28-20-6-5-19-16-30(12-11-18(19)14-20)27(34)37-22-8-3-17(4-9-22)13-25(31)32/h5-7,10,14-15,17,22H,3-4,8-9,11-13,16H2,1-2H3,(H,31,32)(H2,28,29,33)/t17-,22-. The van der Waals surface area contributed by atoms with E-state index in [1.54, 1.807) is 30.2 Å². The molecule has 1 saturated carbocycles. The van der Waals surface area contributed by atoms with Crippen LogP contribution in [-0.2, 0) is 22.5 Å². The highest BCUT2D eigenvalue weighted by Gasteiger charge is 2.28. The third-order valence-corrected chi connectivity index (χ3v) is 6.90. The number of fused-ring (bicyclic) bond motifs is 1. The number of rotatable bonds is 7. The Morgan fingerprint density at radius 3 is 2.27 bits per heavy atom. The number of carbonyl (C=O) groups is 3. The average molecular weight is 512 g/mol. The maximum Gasteiger partial charge on any atom is 0.410 e. The number of urea groups is 1. The molecule has 3 amide bonds. The minimum Gasteiger partial charge on any atom is -0.493 e. The van der Waals surface area contributed by atoms with Gasteiger partial charge >= 0.3 is 18.1 Å². The second kappa shape index (κ2) is 11.9. The zero-order valence-corrected chi connectivity index (χ0v) is 21.1. The van der Waals surface area contributed by atoms with Gasteiger partial charge in [-0.25, -0.2) is 9.59 Å². The molecule has 2 aromatic rings. The molecule has 1 heterocycles. The first-order chi connectivity index (χ1) is 17.8. The van der Waals surface area contributed by atoms with Gasteiger partial charge in [-0.1, -0.05) is 6.07 Å². The summed E-state index contributed by atoms with van der Waals surface area (Å²) in [7, 11) is 3.08. The SMILES string of the molecule is COc1ccc(NC(=O)Nc2ccc3c(c2)CCN(C(=O)O[C@H]2CC[C@H](CC(=O)O)CC2)C3)cc1OC. The van der Waals surface area contributed by atoms with E-state index < -0.39 is 5.97 Å². The molecule has 0 atom stereocenters. The molecule has 37 heavy (non-hydrogen) atoms. The number of methoxy groups -OCH3 is 2. The van der Waals surface area contributed by atoms with Crippen LogP contribution in [0.2, 0.25) is 0 Å². The summed E-state index contributed by atoms with van der Waals surface area (Å²) in [6, 6.07) is 10.4. The molecule has 2 aliphatic rings. The van der Waals surface area contributed by atoms with Gasteiger partial charge in [0.2, 0.25) is 0 Å². The van der Waals surface area contributed by atoms with E-state index in [1.165, 1.54) is 7.11 Å². The number of aliphatic carboxylic acids is 1. The summed E-state index contributed by atoms with van der Waals surface area (Å²) >= 11 is 0. The van der Waals surface area contributed by atoms with E-state index >= 15 is 0 Å². The summed E-state index contributed by atoms with van der Waals surface area (Å²) < 4.78 is 16.2. The molecule has 0 bridgehead atoms. The number of carbonyl (C=O) groups excluding carboxylic acids is 2. The molecule has 198 valence electrons. The summed E-state index contributed by atoms with van der Waals surface area (Å²) in [6.07, 6.45) is 3.29. The fourth-order valence-electron chi connectivity index (χ4n) is 4.91. The van der Waals surface area contributed by atoms with Gasteiger partial charge in [-0.05, 0) is 73.4 Å². The lowest BCUT2D eigenvalue weighted by Crippen LogP contribution is -2.39. The van der Waals surface area contributed by atoms with Gasteiger partial charge in [-0.2, -0.15) is 0 Å². The van der Waals surface area contributed by atoms with Crippen LogP contribution >= 0.6 is 0 Å². The third kappa shape index (κ3) is 6.84. The summed E-state index contributed by atoms with van der Waals surface area (Å²) in [5.41, 5.74) is 3.31. The molecule has 10 nitrogen and oxygen atoms in total. The quantitative estimate of drug-likeness (QED) is 0.484. The number of hydrogen-bond acceptors (Lipinski definition) is 6. The number of amides is 3. The molecule has 1 fully saturated rings. The normalized spacial score (nSPS) is 18.8.